The highest BCUT2D eigenvalue weighted by molar-refractivity contribution is 9.09. The van der Waals surface area contributed by atoms with Crippen LogP contribution in [0.25, 0.3) is 5.69 Å². The van der Waals surface area contributed by atoms with Gasteiger partial charge in [0.2, 0.25) is 0 Å². The summed E-state index contributed by atoms with van der Waals surface area (Å²) in [6, 6.07) is 2.70. The van der Waals surface area contributed by atoms with Gasteiger partial charge in [-0.15, -0.1) is 5.10 Å². The molecule has 2 aromatic rings. The highest BCUT2D eigenvalue weighted by atomic mass is 79.9. The second-order valence-corrected chi connectivity index (χ2v) is 5.23. The SMILES string of the molecule is CCC(Br)c1cn(-c2ccc(F)c(C(F)(F)F)c2)nn1. The summed E-state index contributed by atoms with van der Waals surface area (Å²) in [5.41, 5.74) is -0.614. The first kappa shape index (κ1) is 15.0. The maximum Gasteiger partial charge on any atom is 0.419 e. The molecule has 0 spiro atoms. The van der Waals surface area contributed by atoms with Crippen molar-refractivity contribution in [3.8, 4) is 5.69 Å². The van der Waals surface area contributed by atoms with Crippen LogP contribution in [-0.4, -0.2) is 15.0 Å². The molecule has 3 nitrogen and oxygen atoms in total. The van der Waals surface area contributed by atoms with E-state index < -0.39 is 17.6 Å². The number of hydrogen-bond acceptors (Lipinski definition) is 2. The molecule has 1 atom stereocenters. The van der Waals surface area contributed by atoms with Crippen molar-refractivity contribution in [2.45, 2.75) is 24.3 Å². The van der Waals surface area contributed by atoms with Crippen molar-refractivity contribution >= 4 is 15.9 Å². The van der Waals surface area contributed by atoms with Gasteiger partial charge in [0, 0.05) is 0 Å². The molecule has 1 aromatic heterocycles. The number of rotatable bonds is 3. The minimum atomic E-state index is -4.75. The Hall–Kier alpha value is -1.44. The molecule has 0 saturated heterocycles. The largest absolute Gasteiger partial charge is 0.419 e. The van der Waals surface area contributed by atoms with Crippen LogP contribution in [0.2, 0.25) is 0 Å². The number of benzene rings is 1. The van der Waals surface area contributed by atoms with Gasteiger partial charge in [-0.05, 0) is 24.6 Å². The van der Waals surface area contributed by atoms with Crippen LogP contribution in [0, 0.1) is 5.82 Å². The summed E-state index contributed by atoms with van der Waals surface area (Å²) < 4.78 is 52.3. The van der Waals surface area contributed by atoms with Gasteiger partial charge in [0.1, 0.15) is 5.82 Å². The number of nitrogens with zero attached hydrogens (tertiary/aromatic N) is 3. The smallest absolute Gasteiger partial charge is 0.220 e. The van der Waals surface area contributed by atoms with E-state index in [0.29, 0.717) is 11.8 Å². The maximum atomic E-state index is 13.2. The van der Waals surface area contributed by atoms with Gasteiger partial charge in [0.05, 0.1) is 28.0 Å². The van der Waals surface area contributed by atoms with Gasteiger partial charge in [0.15, 0.2) is 0 Å². The van der Waals surface area contributed by atoms with Crippen LogP contribution in [0.4, 0.5) is 17.6 Å². The normalized spacial score (nSPS) is 13.5. The van der Waals surface area contributed by atoms with Gasteiger partial charge < -0.3 is 0 Å². The van der Waals surface area contributed by atoms with E-state index >= 15 is 0 Å². The molecule has 1 heterocycles. The molecule has 108 valence electrons. The van der Waals surface area contributed by atoms with Crippen LogP contribution in [0.1, 0.15) is 29.4 Å². The van der Waals surface area contributed by atoms with E-state index in [2.05, 4.69) is 26.2 Å². The molecule has 0 radical (unpaired) electrons. The van der Waals surface area contributed by atoms with Crippen LogP contribution in [0.5, 0.6) is 0 Å². The molecule has 20 heavy (non-hydrogen) atoms. The molecule has 0 aliphatic carbocycles. The molecule has 1 unspecified atom stereocenters. The van der Waals surface area contributed by atoms with Crippen molar-refractivity contribution in [2.24, 2.45) is 0 Å². The van der Waals surface area contributed by atoms with Crippen LogP contribution in [0.15, 0.2) is 24.4 Å². The third-order valence-corrected chi connectivity index (χ3v) is 3.83. The van der Waals surface area contributed by atoms with Crippen molar-refractivity contribution in [3.05, 3.63) is 41.5 Å². The van der Waals surface area contributed by atoms with Crippen LogP contribution < -0.4 is 0 Å². The fourth-order valence-electron chi connectivity index (χ4n) is 1.63. The van der Waals surface area contributed by atoms with E-state index in [9.17, 15) is 17.6 Å². The minimum absolute atomic E-state index is 0.0289. The Morgan fingerprint density at radius 2 is 2.05 bits per heavy atom. The first-order valence-electron chi connectivity index (χ1n) is 5.76. The standard InChI is InChI=1S/C12H10BrF4N3/c1-2-9(13)11-6-20(19-18-11)7-3-4-10(14)8(5-7)12(15,16)17/h3-6,9H,2H2,1H3. The van der Waals surface area contributed by atoms with E-state index in [4.69, 9.17) is 0 Å². The summed E-state index contributed by atoms with van der Waals surface area (Å²) in [4.78, 5) is -0.0289. The lowest BCUT2D eigenvalue weighted by Gasteiger charge is -2.09. The van der Waals surface area contributed by atoms with Crippen molar-refractivity contribution in [3.63, 3.8) is 0 Å². The van der Waals surface area contributed by atoms with Crippen molar-refractivity contribution in [1.29, 1.82) is 0 Å². The van der Waals surface area contributed by atoms with Gasteiger partial charge in [0.25, 0.3) is 0 Å². The van der Waals surface area contributed by atoms with Gasteiger partial charge in [-0.25, -0.2) is 9.07 Å². The molecule has 0 bridgehead atoms. The molecule has 0 aliphatic rings. The third kappa shape index (κ3) is 3.00. The molecule has 1 aromatic carbocycles. The predicted molar refractivity (Wildman–Crippen MR) is 68.3 cm³/mol. The molecule has 0 amide bonds. The lowest BCUT2D eigenvalue weighted by atomic mass is 10.2. The number of aromatic nitrogens is 3. The molecule has 2 rings (SSSR count). The molecule has 0 aliphatic heterocycles. The molecule has 0 N–H and O–H groups in total. The molecular formula is C12H10BrF4N3. The van der Waals surface area contributed by atoms with E-state index in [-0.39, 0.29) is 10.5 Å². The first-order chi connectivity index (χ1) is 9.32. The number of alkyl halides is 4. The van der Waals surface area contributed by atoms with E-state index in [1.165, 1.54) is 16.9 Å². The van der Waals surface area contributed by atoms with E-state index in [1.807, 2.05) is 6.92 Å². The highest BCUT2D eigenvalue weighted by Gasteiger charge is 2.34. The minimum Gasteiger partial charge on any atom is -0.220 e. The molecule has 0 saturated carbocycles. The average molecular weight is 352 g/mol. The predicted octanol–water partition coefficient (Wildman–Crippen LogP) is 4.27. The fraction of sp³-hybridized carbons (Fsp3) is 0.333. The zero-order valence-corrected chi connectivity index (χ0v) is 11.9. The Labute approximate surface area is 120 Å². The van der Waals surface area contributed by atoms with Gasteiger partial charge >= 0.3 is 6.18 Å². The van der Waals surface area contributed by atoms with E-state index in [0.717, 1.165) is 12.5 Å². The van der Waals surface area contributed by atoms with Gasteiger partial charge in [-0.1, -0.05) is 28.1 Å². The summed E-state index contributed by atoms with van der Waals surface area (Å²) in [5.74, 6) is -1.31. The molecule has 0 fully saturated rings. The Balaban J connectivity index is 2.41. The topological polar surface area (TPSA) is 30.7 Å². The molecule has 8 heteroatoms. The maximum absolute atomic E-state index is 13.2. The van der Waals surface area contributed by atoms with Crippen molar-refractivity contribution in [2.75, 3.05) is 0 Å². The second kappa shape index (κ2) is 5.51. The summed E-state index contributed by atoms with van der Waals surface area (Å²) in [5, 5.41) is 7.62. The third-order valence-electron chi connectivity index (χ3n) is 2.71. The summed E-state index contributed by atoms with van der Waals surface area (Å²) >= 11 is 3.37. The second-order valence-electron chi connectivity index (χ2n) is 4.13. The van der Waals surface area contributed by atoms with Crippen LogP contribution in [-0.2, 0) is 6.18 Å². The summed E-state index contributed by atoms with van der Waals surface area (Å²) in [6.07, 6.45) is -2.48. The molecular weight excluding hydrogens is 342 g/mol. The monoisotopic (exact) mass is 351 g/mol. The van der Waals surface area contributed by atoms with Gasteiger partial charge in [-0.3, -0.25) is 0 Å². The van der Waals surface area contributed by atoms with Crippen LogP contribution >= 0.6 is 15.9 Å². The Morgan fingerprint density at radius 1 is 1.35 bits per heavy atom. The summed E-state index contributed by atoms with van der Waals surface area (Å²) in [7, 11) is 0. The number of hydrogen-bond donors (Lipinski definition) is 0. The van der Waals surface area contributed by atoms with Crippen molar-refractivity contribution in [1.82, 2.24) is 15.0 Å². The van der Waals surface area contributed by atoms with Gasteiger partial charge in [-0.2, -0.15) is 13.2 Å². The van der Waals surface area contributed by atoms with Crippen LogP contribution in [0.3, 0.4) is 0 Å². The highest BCUT2D eigenvalue weighted by Crippen LogP contribution is 2.32. The van der Waals surface area contributed by atoms with Crippen molar-refractivity contribution < 1.29 is 17.6 Å². The quantitative estimate of drug-likeness (QED) is 0.610. The zero-order valence-electron chi connectivity index (χ0n) is 10.3. The number of halogens is 5. The first-order valence-corrected chi connectivity index (χ1v) is 6.68. The Bertz CT molecular complexity index is 609. The fourth-order valence-corrected chi connectivity index (χ4v) is 1.84. The zero-order chi connectivity index (χ0) is 14.9. The summed E-state index contributed by atoms with van der Waals surface area (Å²) in [6.45, 7) is 1.93. The Morgan fingerprint density at radius 3 is 2.65 bits per heavy atom. The average Bonchev–Trinajstić information content (AvgIpc) is 2.86. The lowest BCUT2D eigenvalue weighted by molar-refractivity contribution is -0.140. The Kier molecular flexibility index (Phi) is 4.12. The lowest BCUT2D eigenvalue weighted by Crippen LogP contribution is -2.09. The van der Waals surface area contributed by atoms with E-state index in [1.54, 1.807) is 0 Å².